The molecule has 1 amide bonds. The zero-order valence-corrected chi connectivity index (χ0v) is 13.1. The van der Waals surface area contributed by atoms with Crippen LogP contribution in [-0.4, -0.2) is 37.6 Å². The molecular formula is C17H27NO2. The van der Waals surface area contributed by atoms with Crippen LogP contribution in [0.15, 0.2) is 30.3 Å². The molecule has 1 aromatic rings. The number of ether oxygens (including phenoxy) is 1. The molecule has 0 aromatic heterocycles. The maximum absolute atomic E-state index is 12.8. The third-order valence-electron chi connectivity index (χ3n) is 3.37. The number of amides is 1. The van der Waals surface area contributed by atoms with E-state index in [1.54, 1.807) is 7.11 Å². The smallest absolute Gasteiger partial charge is 0.230 e. The SMILES string of the molecule is CCC(C(=O)N(CCOC)CC(C)C)c1ccccc1. The summed E-state index contributed by atoms with van der Waals surface area (Å²) in [4.78, 5) is 14.7. The van der Waals surface area contributed by atoms with Gasteiger partial charge in [0.25, 0.3) is 0 Å². The van der Waals surface area contributed by atoms with Gasteiger partial charge in [-0.15, -0.1) is 0 Å². The first-order chi connectivity index (χ1) is 9.60. The predicted octanol–water partition coefficient (Wildman–Crippen LogP) is 3.31. The molecule has 112 valence electrons. The van der Waals surface area contributed by atoms with Crippen LogP contribution in [0.5, 0.6) is 0 Å². The summed E-state index contributed by atoms with van der Waals surface area (Å²) in [5.74, 6) is 0.625. The van der Waals surface area contributed by atoms with Gasteiger partial charge >= 0.3 is 0 Å². The van der Waals surface area contributed by atoms with E-state index < -0.39 is 0 Å². The Morgan fingerprint density at radius 1 is 1.25 bits per heavy atom. The quantitative estimate of drug-likeness (QED) is 0.729. The van der Waals surface area contributed by atoms with E-state index >= 15 is 0 Å². The van der Waals surface area contributed by atoms with Crippen LogP contribution in [0.4, 0.5) is 0 Å². The molecular weight excluding hydrogens is 250 g/mol. The minimum Gasteiger partial charge on any atom is -0.383 e. The van der Waals surface area contributed by atoms with E-state index in [2.05, 4.69) is 20.8 Å². The van der Waals surface area contributed by atoms with Crippen LogP contribution in [0.1, 0.15) is 38.7 Å². The molecule has 3 heteroatoms. The van der Waals surface area contributed by atoms with Crippen LogP contribution in [0.3, 0.4) is 0 Å². The molecule has 1 unspecified atom stereocenters. The van der Waals surface area contributed by atoms with Crippen LogP contribution in [0.2, 0.25) is 0 Å². The van der Waals surface area contributed by atoms with Crippen molar-refractivity contribution in [2.45, 2.75) is 33.1 Å². The fraction of sp³-hybridized carbons (Fsp3) is 0.588. The largest absolute Gasteiger partial charge is 0.383 e. The van der Waals surface area contributed by atoms with E-state index in [0.29, 0.717) is 19.1 Å². The molecule has 1 rings (SSSR count). The zero-order valence-electron chi connectivity index (χ0n) is 13.1. The molecule has 1 aromatic carbocycles. The van der Waals surface area contributed by atoms with E-state index in [9.17, 15) is 4.79 Å². The normalized spacial score (nSPS) is 12.4. The number of benzene rings is 1. The third kappa shape index (κ3) is 4.97. The average Bonchev–Trinajstić information content (AvgIpc) is 2.45. The Kier molecular flexibility index (Phi) is 7.31. The highest BCUT2D eigenvalue weighted by molar-refractivity contribution is 5.83. The van der Waals surface area contributed by atoms with Gasteiger partial charge in [0.05, 0.1) is 12.5 Å². The summed E-state index contributed by atoms with van der Waals surface area (Å²) in [6.07, 6.45) is 0.824. The molecule has 3 nitrogen and oxygen atoms in total. The van der Waals surface area contributed by atoms with Gasteiger partial charge in [-0.05, 0) is 17.9 Å². The summed E-state index contributed by atoms with van der Waals surface area (Å²) < 4.78 is 5.13. The lowest BCUT2D eigenvalue weighted by Crippen LogP contribution is -2.39. The first kappa shape index (κ1) is 16.7. The number of carbonyl (C=O) groups excluding carboxylic acids is 1. The lowest BCUT2D eigenvalue weighted by molar-refractivity contribution is -0.134. The van der Waals surface area contributed by atoms with Crippen molar-refractivity contribution in [1.82, 2.24) is 4.90 Å². The molecule has 0 aliphatic carbocycles. The van der Waals surface area contributed by atoms with Gasteiger partial charge in [0.15, 0.2) is 0 Å². The van der Waals surface area contributed by atoms with Gasteiger partial charge in [0.2, 0.25) is 5.91 Å². The zero-order chi connectivity index (χ0) is 15.0. The van der Waals surface area contributed by atoms with Gasteiger partial charge in [-0.3, -0.25) is 4.79 Å². The van der Waals surface area contributed by atoms with Gasteiger partial charge in [-0.25, -0.2) is 0 Å². The standard InChI is InChI=1S/C17H27NO2/c1-5-16(15-9-7-6-8-10-15)17(19)18(11-12-20-4)13-14(2)3/h6-10,14,16H,5,11-13H2,1-4H3. The molecule has 0 bridgehead atoms. The van der Waals surface area contributed by atoms with Crippen molar-refractivity contribution in [3.05, 3.63) is 35.9 Å². The number of hydrogen-bond donors (Lipinski definition) is 0. The summed E-state index contributed by atoms with van der Waals surface area (Å²) in [6.45, 7) is 8.37. The van der Waals surface area contributed by atoms with Crippen molar-refractivity contribution in [2.75, 3.05) is 26.8 Å². The van der Waals surface area contributed by atoms with E-state index in [1.807, 2.05) is 35.2 Å². The second kappa shape index (κ2) is 8.75. The van der Waals surface area contributed by atoms with Crippen molar-refractivity contribution in [1.29, 1.82) is 0 Å². The Hall–Kier alpha value is -1.35. The van der Waals surface area contributed by atoms with Crippen molar-refractivity contribution >= 4 is 5.91 Å². The van der Waals surface area contributed by atoms with Crippen LogP contribution in [0.25, 0.3) is 0 Å². The van der Waals surface area contributed by atoms with Gasteiger partial charge in [-0.2, -0.15) is 0 Å². The Balaban J connectivity index is 2.84. The minimum atomic E-state index is -0.0493. The molecule has 0 aliphatic heterocycles. The van der Waals surface area contributed by atoms with Crippen molar-refractivity contribution in [2.24, 2.45) is 5.92 Å². The molecule has 0 heterocycles. The van der Waals surface area contributed by atoms with Crippen molar-refractivity contribution in [3.63, 3.8) is 0 Å². The molecule has 0 spiro atoms. The van der Waals surface area contributed by atoms with E-state index in [1.165, 1.54) is 0 Å². The molecule has 0 fully saturated rings. The average molecular weight is 277 g/mol. The Morgan fingerprint density at radius 2 is 1.90 bits per heavy atom. The predicted molar refractivity (Wildman–Crippen MR) is 82.8 cm³/mol. The molecule has 0 aliphatic rings. The van der Waals surface area contributed by atoms with Gasteiger partial charge in [0, 0.05) is 20.2 Å². The lowest BCUT2D eigenvalue weighted by atomic mass is 9.94. The van der Waals surface area contributed by atoms with Gasteiger partial charge < -0.3 is 9.64 Å². The van der Waals surface area contributed by atoms with Crippen LogP contribution in [0, 0.1) is 5.92 Å². The third-order valence-corrected chi connectivity index (χ3v) is 3.37. The minimum absolute atomic E-state index is 0.0493. The highest BCUT2D eigenvalue weighted by Crippen LogP contribution is 2.22. The Morgan fingerprint density at radius 3 is 2.40 bits per heavy atom. The van der Waals surface area contributed by atoms with Gasteiger partial charge in [0.1, 0.15) is 0 Å². The summed E-state index contributed by atoms with van der Waals surface area (Å²) >= 11 is 0. The van der Waals surface area contributed by atoms with E-state index in [-0.39, 0.29) is 11.8 Å². The first-order valence-electron chi connectivity index (χ1n) is 7.42. The lowest BCUT2D eigenvalue weighted by Gasteiger charge is -2.28. The highest BCUT2D eigenvalue weighted by atomic mass is 16.5. The van der Waals surface area contributed by atoms with Crippen molar-refractivity contribution < 1.29 is 9.53 Å². The monoisotopic (exact) mass is 277 g/mol. The maximum Gasteiger partial charge on any atom is 0.230 e. The topological polar surface area (TPSA) is 29.5 Å². The second-order valence-corrected chi connectivity index (χ2v) is 5.54. The molecule has 20 heavy (non-hydrogen) atoms. The Labute approximate surface area is 122 Å². The summed E-state index contributed by atoms with van der Waals surface area (Å²) in [5.41, 5.74) is 1.10. The highest BCUT2D eigenvalue weighted by Gasteiger charge is 2.24. The molecule has 0 saturated heterocycles. The van der Waals surface area contributed by atoms with Crippen LogP contribution < -0.4 is 0 Å². The first-order valence-corrected chi connectivity index (χ1v) is 7.42. The second-order valence-electron chi connectivity index (χ2n) is 5.54. The summed E-state index contributed by atoms with van der Waals surface area (Å²) in [6, 6.07) is 10.0. The van der Waals surface area contributed by atoms with E-state index in [4.69, 9.17) is 4.74 Å². The fourth-order valence-electron chi connectivity index (χ4n) is 2.39. The Bertz CT molecular complexity index is 389. The molecule has 0 N–H and O–H groups in total. The number of methoxy groups -OCH3 is 1. The number of hydrogen-bond acceptors (Lipinski definition) is 2. The molecule has 0 radical (unpaired) electrons. The summed E-state index contributed by atoms with van der Waals surface area (Å²) in [5, 5.41) is 0. The molecule has 1 atom stereocenters. The number of carbonyl (C=O) groups is 1. The fourth-order valence-corrected chi connectivity index (χ4v) is 2.39. The molecule has 0 saturated carbocycles. The van der Waals surface area contributed by atoms with Crippen LogP contribution >= 0.6 is 0 Å². The summed E-state index contributed by atoms with van der Waals surface area (Å²) in [7, 11) is 1.67. The number of rotatable bonds is 8. The van der Waals surface area contributed by atoms with E-state index in [0.717, 1.165) is 18.5 Å². The van der Waals surface area contributed by atoms with Crippen molar-refractivity contribution in [3.8, 4) is 0 Å². The maximum atomic E-state index is 12.8. The van der Waals surface area contributed by atoms with Crippen LogP contribution in [-0.2, 0) is 9.53 Å². The van der Waals surface area contributed by atoms with Gasteiger partial charge in [-0.1, -0.05) is 51.1 Å². The number of nitrogens with zero attached hydrogens (tertiary/aromatic N) is 1.